The summed E-state index contributed by atoms with van der Waals surface area (Å²) >= 11 is 1.29. The minimum Gasteiger partial charge on any atom is -0.352 e. The zero-order valence-electron chi connectivity index (χ0n) is 18.9. The summed E-state index contributed by atoms with van der Waals surface area (Å²) in [4.78, 5) is 28.8. The molecule has 172 valence electrons. The number of aromatic nitrogens is 4. The van der Waals surface area contributed by atoms with Crippen LogP contribution in [-0.2, 0) is 4.79 Å². The van der Waals surface area contributed by atoms with E-state index in [1.807, 2.05) is 54.8 Å². The quantitative estimate of drug-likeness (QED) is 0.374. The maximum Gasteiger partial charge on any atom is 0.251 e. The van der Waals surface area contributed by atoms with E-state index in [1.54, 1.807) is 36.7 Å². The predicted molar refractivity (Wildman–Crippen MR) is 133 cm³/mol. The molecule has 2 N–H and O–H groups in total. The maximum absolute atomic E-state index is 12.7. The van der Waals surface area contributed by atoms with Crippen molar-refractivity contribution in [3.05, 3.63) is 84.2 Å². The van der Waals surface area contributed by atoms with Crippen LogP contribution in [0.3, 0.4) is 0 Å². The first-order valence-corrected chi connectivity index (χ1v) is 11.8. The minimum atomic E-state index is -0.206. The van der Waals surface area contributed by atoms with E-state index in [4.69, 9.17) is 0 Å². The largest absolute Gasteiger partial charge is 0.352 e. The smallest absolute Gasteiger partial charge is 0.251 e. The van der Waals surface area contributed by atoms with Crippen molar-refractivity contribution in [2.24, 2.45) is 0 Å². The van der Waals surface area contributed by atoms with E-state index in [2.05, 4.69) is 25.8 Å². The molecule has 2 amide bonds. The van der Waals surface area contributed by atoms with Crippen LogP contribution < -0.4 is 10.6 Å². The maximum atomic E-state index is 12.7. The third kappa shape index (κ3) is 5.32. The number of thioether (sulfide) groups is 1. The molecule has 9 heteroatoms. The zero-order valence-corrected chi connectivity index (χ0v) is 19.7. The number of hydrogen-bond acceptors (Lipinski definition) is 6. The van der Waals surface area contributed by atoms with Crippen LogP contribution in [0.4, 0.5) is 5.69 Å². The average molecular weight is 473 g/mol. The number of benzene rings is 2. The molecule has 8 nitrogen and oxygen atoms in total. The molecule has 0 aliphatic heterocycles. The second kappa shape index (κ2) is 10.8. The summed E-state index contributed by atoms with van der Waals surface area (Å²) in [6.07, 6.45) is 3.42. The van der Waals surface area contributed by atoms with Crippen LogP contribution in [0, 0.1) is 6.92 Å². The molecule has 0 aliphatic rings. The summed E-state index contributed by atoms with van der Waals surface area (Å²) < 4.78 is 1.96. The van der Waals surface area contributed by atoms with Gasteiger partial charge in [-0.1, -0.05) is 36.0 Å². The molecule has 0 aliphatic carbocycles. The van der Waals surface area contributed by atoms with Gasteiger partial charge in [-0.25, -0.2) is 0 Å². The van der Waals surface area contributed by atoms with E-state index >= 15 is 0 Å². The Hall–Kier alpha value is -3.98. The number of pyridine rings is 1. The number of hydrogen-bond donors (Lipinski definition) is 2. The van der Waals surface area contributed by atoms with E-state index in [-0.39, 0.29) is 17.6 Å². The van der Waals surface area contributed by atoms with Crippen molar-refractivity contribution in [3.8, 4) is 17.1 Å². The Labute approximate surface area is 201 Å². The molecule has 0 saturated heterocycles. The van der Waals surface area contributed by atoms with Crippen LogP contribution in [0.1, 0.15) is 22.8 Å². The summed E-state index contributed by atoms with van der Waals surface area (Å²) in [6, 6.07) is 18.6. The fourth-order valence-electron chi connectivity index (χ4n) is 3.41. The van der Waals surface area contributed by atoms with Crippen LogP contribution in [-0.4, -0.2) is 43.9 Å². The van der Waals surface area contributed by atoms with Gasteiger partial charge in [0.2, 0.25) is 5.91 Å². The van der Waals surface area contributed by atoms with Crippen LogP contribution >= 0.6 is 11.8 Å². The van der Waals surface area contributed by atoms with Crippen molar-refractivity contribution in [3.63, 3.8) is 0 Å². The molecule has 4 aromatic rings. The SMILES string of the molecule is CCNC(=O)c1cccc(NC(=O)CSc2nnc(-c3ccncc3)n2-c2ccccc2C)c1. The van der Waals surface area contributed by atoms with Gasteiger partial charge in [0.1, 0.15) is 0 Å². The Balaban J connectivity index is 1.54. The van der Waals surface area contributed by atoms with Gasteiger partial charge in [0.15, 0.2) is 11.0 Å². The minimum absolute atomic E-state index is 0.131. The van der Waals surface area contributed by atoms with Crippen molar-refractivity contribution in [1.29, 1.82) is 0 Å². The molecule has 34 heavy (non-hydrogen) atoms. The molecule has 0 atom stereocenters. The zero-order chi connectivity index (χ0) is 23.9. The molecular formula is C25H24N6O2S. The van der Waals surface area contributed by atoms with Gasteiger partial charge in [0, 0.05) is 35.8 Å². The molecule has 2 heterocycles. The third-order valence-electron chi connectivity index (χ3n) is 5.01. The van der Waals surface area contributed by atoms with Crippen molar-refractivity contribution in [1.82, 2.24) is 25.1 Å². The van der Waals surface area contributed by atoms with Gasteiger partial charge in [0.25, 0.3) is 5.91 Å². The van der Waals surface area contributed by atoms with Gasteiger partial charge in [-0.2, -0.15) is 0 Å². The van der Waals surface area contributed by atoms with Gasteiger partial charge in [-0.3, -0.25) is 19.1 Å². The lowest BCUT2D eigenvalue weighted by Gasteiger charge is -2.13. The van der Waals surface area contributed by atoms with Crippen LogP contribution in [0.15, 0.2) is 78.2 Å². The van der Waals surface area contributed by atoms with Gasteiger partial charge >= 0.3 is 0 Å². The number of carbonyl (C=O) groups is 2. The van der Waals surface area contributed by atoms with Crippen molar-refractivity contribution < 1.29 is 9.59 Å². The predicted octanol–water partition coefficient (Wildman–Crippen LogP) is 4.12. The Morgan fingerprint density at radius 2 is 1.79 bits per heavy atom. The summed E-state index contributed by atoms with van der Waals surface area (Å²) in [5, 5.41) is 15.0. The van der Waals surface area contributed by atoms with Gasteiger partial charge < -0.3 is 10.6 Å². The van der Waals surface area contributed by atoms with Crippen LogP contribution in [0.5, 0.6) is 0 Å². The lowest BCUT2D eigenvalue weighted by molar-refractivity contribution is -0.113. The fraction of sp³-hybridized carbons (Fsp3) is 0.160. The molecule has 4 rings (SSSR count). The number of nitrogens with zero attached hydrogens (tertiary/aromatic N) is 4. The summed E-state index contributed by atoms with van der Waals surface area (Å²) in [5.74, 6) is 0.422. The van der Waals surface area contributed by atoms with E-state index in [9.17, 15) is 9.59 Å². The number of amides is 2. The van der Waals surface area contributed by atoms with Crippen molar-refractivity contribution in [2.75, 3.05) is 17.6 Å². The molecule has 0 unspecified atom stereocenters. The van der Waals surface area contributed by atoms with Crippen LogP contribution in [0.25, 0.3) is 17.1 Å². The van der Waals surface area contributed by atoms with Crippen LogP contribution in [0.2, 0.25) is 0 Å². The molecule has 0 fully saturated rings. The number of anilines is 1. The first-order valence-electron chi connectivity index (χ1n) is 10.8. The highest BCUT2D eigenvalue weighted by atomic mass is 32.2. The van der Waals surface area contributed by atoms with Crippen molar-refractivity contribution >= 4 is 29.3 Å². The topological polar surface area (TPSA) is 102 Å². The van der Waals surface area contributed by atoms with E-state index < -0.39 is 0 Å². The summed E-state index contributed by atoms with van der Waals surface area (Å²) in [6.45, 7) is 4.42. The molecule has 0 saturated carbocycles. The molecule has 2 aromatic carbocycles. The standard InChI is InChI=1S/C25H24N6O2S/c1-3-27-24(33)19-8-6-9-20(15-19)28-22(32)16-34-25-30-29-23(18-11-13-26-14-12-18)31(25)21-10-5-4-7-17(21)2/h4-15H,3,16H2,1-2H3,(H,27,33)(H,28,32). The second-order valence-electron chi connectivity index (χ2n) is 7.44. The highest BCUT2D eigenvalue weighted by Crippen LogP contribution is 2.29. The molecule has 0 spiro atoms. The van der Waals surface area contributed by atoms with Crippen molar-refractivity contribution in [2.45, 2.75) is 19.0 Å². The lowest BCUT2D eigenvalue weighted by Crippen LogP contribution is -2.23. The number of nitrogens with one attached hydrogen (secondary N) is 2. The van der Waals surface area contributed by atoms with E-state index in [1.165, 1.54) is 11.8 Å². The number of aryl methyl sites for hydroxylation is 1. The molecule has 0 radical (unpaired) electrons. The van der Waals surface area contributed by atoms with E-state index in [0.29, 0.717) is 28.8 Å². The third-order valence-corrected chi connectivity index (χ3v) is 5.94. The highest BCUT2D eigenvalue weighted by molar-refractivity contribution is 7.99. The number of para-hydroxylation sites is 1. The van der Waals surface area contributed by atoms with Gasteiger partial charge in [-0.15, -0.1) is 10.2 Å². The van der Waals surface area contributed by atoms with Gasteiger partial charge in [0.05, 0.1) is 11.4 Å². The average Bonchev–Trinajstić information content (AvgIpc) is 3.27. The van der Waals surface area contributed by atoms with Gasteiger partial charge in [-0.05, 0) is 55.8 Å². The highest BCUT2D eigenvalue weighted by Gasteiger charge is 2.18. The monoisotopic (exact) mass is 472 g/mol. The first-order chi connectivity index (χ1) is 16.6. The number of carbonyl (C=O) groups excluding carboxylic acids is 2. The fourth-order valence-corrected chi connectivity index (χ4v) is 4.16. The second-order valence-corrected chi connectivity index (χ2v) is 8.38. The van der Waals surface area contributed by atoms with E-state index in [0.717, 1.165) is 16.8 Å². The summed E-state index contributed by atoms with van der Waals surface area (Å²) in [5.41, 5.74) is 3.94. The normalized spacial score (nSPS) is 10.6. The first kappa shape index (κ1) is 23.2. The Bertz CT molecular complexity index is 1310. The summed E-state index contributed by atoms with van der Waals surface area (Å²) in [7, 11) is 0. The lowest BCUT2D eigenvalue weighted by atomic mass is 10.2. The molecular weight excluding hydrogens is 448 g/mol. The molecule has 0 bridgehead atoms. The Kier molecular flexibility index (Phi) is 7.34. The Morgan fingerprint density at radius 1 is 1.00 bits per heavy atom. The Morgan fingerprint density at radius 3 is 2.56 bits per heavy atom. The molecule has 2 aromatic heterocycles. The number of rotatable bonds is 8.